The maximum Gasteiger partial charge on any atom is 0.241 e. The predicted octanol–water partition coefficient (Wildman–Crippen LogP) is 0.726. The van der Waals surface area contributed by atoms with Gasteiger partial charge in [-0.15, -0.1) is 0 Å². The van der Waals surface area contributed by atoms with Crippen molar-refractivity contribution in [3.05, 3.63) is 30.1 Å². The molecule has 0 saturated carbocycles. The summed E-state index contributed by atoms with van der Waals surface area (Å²) < 4.78 is 38.9. The van der Waals surface area contributed by atoms with Crippen LogP contribution in [0.3, 0.4) is 0 Å². The molecule has 1 saturated heterocycles. The van der Waals surface area contributed by atoms with Crippen LogP contribution in [0.2, 0.25) is 0 Å². The van der Waals surface area contributed by atoms with E-state index in [0.717, 1.165) is 25.0 Å². The van der Waals surface area contributed by atoms with Crippen LogP contribution in [-0.4, -0.2) is 38.9 Å². The Morgan fingerprint density at radius 1 is 1.32 bits per heavy atom. The number of hydrogen-bond donors (Lipinski definition) is 1. The van der Waals surface area contributed by atoms with Crippen molar-refractivity contribution in [2.24, 2.45) is 0 Å². The second kappa shape index (κ2) is 5.66. The number of carbonyl (C=O) groups excluding carboxylic acids is 1. The van der Waals surface area contributed by atoms with Gasteiger partial charge in [0.05, 0.1) is 11.4 Å². The molecule has 0 atom stereocenters. The summed E-state index contributed by atoms with van der Waals surface area (Å²) in [6.45, 7) is 1.04. The average molecular weight is 286 g/mol. The summed E-state index contributed by atoms with van der Waals surface area (Å²) in [5.74, 6) is -0.883. The fourth-order valence-electron chi connectivity index (χ4n) is 1.95. The first kappa shape index (κ1) is 14.0. The van der Waals surface area contributed by atoms with Gasteiger partial charge in [-0.1, -0.05) is 6.07 Å². The number of likely N-dealkylation sites (tertiary alicyclic amines) is 1. The van der Waals surface area contributed by atoms with Gasteiger partial charge in [-0.25, -0.2) is 17.5 Å². The maximum atomic E-state index is 13.0. The van der Waals surface area contributed by atoms with Crippen molar-refractivity contribution in [2.75, 3.05) is 19.6 Å². The highest BCUT2D eigenvalue weighted by atomic mass is 32.2. The third-order valence-electron chi connectivity index (χ3n) is 2.98. The van der Waals surface area contributed by atoms with E-state index < -0.39 is 15.8 Å². The molecule has 1 heterocycles. The monoisotopic (exact) mass is 286 g/mol. The van der Waals surface area contributed by atoms with Gasteiger partial charge in [0.15, 0.2) is 0 Å². The van der Waals surface area contributed by atoms with Gasteiger partial charge < -0.3 is 4.90 Å². The SMILES string of the molecule is O=C(CNS(=O)(=O)c1cccc(F)c1)N1CCCC1. The molecule has 1 aliphatic rings. The lowest BCUT2D eigenvalue weighted by molar-refractivity contribution is -0.128. The van der Waals surface area contributed by atoms with Crippen LogP contribution in [0.5, 0.6) is 0 Å². The Hall–Kier alpha value is -1.47. The van der Waals surface area contributed by atoms with Gasteiger partial charge >= 0.3 is 0 Å². The number of carbonyl (C=O) groups is 1. The van der Waals surface area contributed by atoms with E-state index in [1.165, 1.54) is 12.1 Å². The fourth-order valence-corrected chi connectivity index (χ4v) is 2.96. The van der Waals surface area contributed by atoms with Gasteiger partial charge in [-0.05, 0) is 31.0 Å². The number of sulfonamides is 1. The van der Waals surface area contributed by atoms with Crippen molar-refractivity contribution in [3.8, 4) is 0 Å². The molecule has 0 aromatic heterocycles. The van der Waals surface area contributed by atoms with E-state index in [2.05, 4.69) is 4.72 Å². The Balaban J connectivity index is 1.99. The molecule has 0 spiro atoms. The Bertz CT molecular complexity index is 568. The van der Waals surface area contributed by atoms with Crippen molar-refractivity contribution in [3.63, 3.8) is 0 Å². The molecule has 1 fully saturated rings. The molecule has 0 aliphatic carbocycles. The van der Waals surface area contributed by atoms with E-state index in [1.807, 2.05) is 0 Å². The molecular formula is C12H15FN2O3S. The van der Waals surface area contributed by atoms with Crippen LogP contribution >= 0.6 is 0 Å². The van der Waals surface area contributed by atoms with Gasteiger partial charge in [0, 0.05) is 13.1 Å². The summed E-state index contributed by atoms with van der Waals surface area (Å²) >= 11 is 0. The highest BCUT2D eigenvalue weighted by Crippen LogP contribution is 2.11. The van der Waals surface area contributed by atoms with E-state index >= 15 is 0 Å². The number of hydrogen-bond acceptors (Lipinski definition) is 3. The molecule has 1 aliphatic heterocycles. The normalized spacial score (nSPS) is 15.7. The molecule has 2 rings (SSSR count). The van der Waals surface area contributed by atoms with Crippen LogP contribution in [0.15, 0.2) is 29.2 Å². The summed E-state index contributed by atoms with van der Waals surface area (Å²) in [4.78, 5) is 13.2. The van der Waals surface area contributed by atoms with Gasteiger partial charge in [-0.3, -0.25) is 4.79 Å². The summed E-state index contributed by atoms with van der Waals surface area (Å²) in [5.41, 5.74) is 0. The lowest BCUT2D eigenvalue weighted by Crippen LogP contribution is -2.38. The van der Waals surface area contributed by atoms with Crippen molar-refractivity contribution in [2.45, 2.75) is 17.7 Å². The minimum atomic E-state index is -3.84. The number of benzene rings is 1. The summed E-state index contributed by atoms with van der Waals surface area (Å²) in [6.07, 6.45) is 1.89. The van der Waals surface area contributed by atoms with Crippen LogP contribution in [0, 0.1) is 5.82 Å². The maximum absolute atomic E-state index is 13.0. The lowest BCUT2D eigenvalue weighted by atomic mass is 10.4. The third-order valence-corrected chi connectivity index (χ3v) is 4.38. The van der Waals surface area contributed by atoms with Crippen molar-refractivity contribution < 1.29 is 17.6 Å². The second-order valence-electron chi connectivity index (χ2n) is 4.37. The van der Waals surface area contributed by atoms with Gasteiger partial charge in [0.1, 0.15) is 5.82 Å². The fraction of sp³-hybridized carbons (Fsp3) is 0.417. The van der Waals surface area contributed by atoms with Gasteiger partial charge in [-0.2, -0.15) is 0 Å². The molecule has 0 radical (unpaired) electrons. The predicted molar refractivity (Wildman–Crippen MR) is 67.4 cm³/mol. The summed E-state index contributed by atoms with van der Waals surface area (Å²) in [5, 5.41) is 0. The van der Waals surface area contributed by atoms with E-state index in [4.69, 9.17) is 0 Å². The number of rotatable bonds is 4. The van der Waals surface area contributed by atoms with E-state index in [9.17, 15) is 17.6 Å². The van der Waals surface area contributed by atoms with Crippen LogP contribution in [-0.2, 0) is 14.8 Å². The first-order valence-corrected chi connectivity index (χ1v) is 7.50. The smallest absolute Gasteiger partial charge is 0.241 e. The molecule has 19 heavy (non-hydrogen) atoms. The van der Waals surface area contributed by atoms with Crippen LogP contribution in [0.4, 0.5) is 4.39 Å². The molecule has 1 N–H and O–H groups in total. The number of nitrogens with zero attached hydrogens (tertiary/aromatic N) is 1. The summed E-state index contributed by atoms with van der Waals surface area (Å²) in [7, 11) is -3.84. The number of amides is 1. The molecule has 1 amide bonds. The Morgan fingerprint density at radius 2 is 2.00 bits per heavy atom. The molecule has 0 unspecified atom stereocenters. The minimum Gasteiger partial charge on any atom is -0.342 e. The van der Waals surface area contributed by atoms with Gasteiger partial charge in [0.2, 0.25) is 15.9 Å². The number of nitrogens with one attached hydrogen (secondary N) is 1. The molecule has 1 aromatic carbocycles. The van der Waals surface area contributed by atoms with Crippen molar-refractivity contribution in [1.29, 1.82) is 0 Å². The summed E-state index contributed by atoms with van der Waals surface area (Å²) in [6, 6.07) is 4.68. The Morgan fingerprint density at radius 3 is 2.63 bits per heavy atom. The van der Waals surface area contributed by atoms with Crippen molar-refractivity contribution >= 4 is 15.9 Å². The number of halogens is 1. The first-order chi connectivity index (χ1) is 8.99. The average Bonchev–Trinajstić information content (AvgIpc) is 2.90. The molecular weight excluding hydrogens is 271 g/mol. The lowest BCUT2D eigenvalue weighted by Gasteiger charge is -2.15. The highest BCUT2D eigenvalue weighted by molar-refractivity contribution is 7.89. The molecule has 104 valence electrons. The van der Waals surface area contributed by atoms with E-state index in [1.54, 1.807) is 4.90 Å². The molecule has 0 bridgehead atoms. The van der Waals surface area contributed by atoms with E-state index in [-0.39, 0.29) is 17.3 Å². The standard InChI is InChI=1S/C12H15FN2O3S/c13-10-4-3-5-11(8-10)19(17,18)14-9-12(16)15-6-1-2-7-15/h3-5,8,14H,1-2,6-7,9H2. The molecule has 1 aromatic rings. The molecule has 7 heteroatoms. The zero-order chi connectivity index (χ0) is 13.9. The van der Waals surface area contributed by atoms with Gasteiger partial charge in [0.25, 0.3) is 0 Å². The Kier molecular flexibility index (Phi) is 4.16. The minimum absolute atomic E-state index is 0.179. The topological polar surface area (TPSA) is 66.5 Å². The Labute approximate surface area is 111 Å². The molecule has 5 nitrogen and oxygen atoms in total. The quantitative estimate of drug-likeness (QED) is 0.887. The largest absolute Gasteiger partial charge is 0.342 e. The van der Waals surface area contributed by atoms with Crippen LogP contribution in [0.1, 0.15) is 12.8 Å². The zero-order valence-corrected chi connectivity index (χ0v) is 11.1. The highest BCUT2D eigenvalue weighted by Gasteiger charge is 2.21. The van der Waals surface area contributed by atoms with Crippen LogP contribution < -0.4 is 4.72 Å². The van der Waals surface area contributed by atoms with Crippen molar-refractivity contribution in [1.82, 2.24) is 9.62 Å². The first-order valence-electron chi connectivity index (χ1n) is 6.02. The second-order valence-corrected chi connectivity index (χ2v) is 6.14. The van der Waals surface area contributed by atoms with Crippen LogP contribution in [0.25, 0.3) is 0 Å². The third kappa shape index (κ3) is 3.51. The zero-order valence-electron chi connectivity index (χ0n) is 10.3. The van der Waals surface area contributed by atoms with E-state index in [0.29, 0.717) is 13.1 Å².